The van der Waals surface area contributed by atoms with Crippen LogP contribution in [0.4, 0.5) is 4.39 Å². The van der Waals surface area contributed by atoms with E-state index < -0.39 is 17.8 Å². The lowest BCUT2D eigenvalue weighted by Gasteiger charge is -2.25. The van der Waals surface area contributed by atoms with E-state index in [1.54, 1.807) is 56.3 Å². The van der Waals surface area contributed by atoms with E-state index in [1.807, 2.05) is 0 Å². The minimum Gasteiger partial charge on any atom is -0.463 e. The monoisotopic (exact) mass is 456 g/mol. The first kappa shape index (κ1) is 21.2. The van der Waals surface area contributed by atoms with Gasteiger partial charge in [-0.15, -0.1) is 0 Å². The fourth-order valence-corrected chi connectivity index (χ4v) is 4.79. The van der Waals surface area contributed by atoms with Crippen LogP contribution < -0.4 is 14.9 Å². The zero-order valence-corrected chi connectivity index (χ0v) is 18.3. The molecule has 0 radical (unpaired) electrons. The van der Waals surface area contributed by atoms with Gasteiger partial charge in [0.15, 0.2) is 4.80 Å². The van der Waals surface area contributed by atoms with Gasteiger partial charge in [-0.1, -0.05) is 59.3 Å². The van der Waals surface area contributed by atoms with Gasteiger partial charge in [-0.05, 0) is 37.6 Å². The first-order valence-electron chi connectivity index (χ1n) is 9.61. The van der Waals surface area contributed by atoms with Crippen molar-refractivity contribution in [2.24, 2.45) is 4.99 Å². The predicted octanol–water partition coefficient (Wildman–Crippen LogP) is 3.59. The maximum Gasteiger partial charge on any atom is 0.338 e. The van der Waals surface area contributed by atoms with Crippen LogP contribution in [0.15, 0.2) is 69.6 Å². The summed E-state index contributed by atoms with van der Waals surface area (Å²) in [6.07, 6.45) is 1.49. The molecule has 2 aromatic carbocycles. The first-order valence-corrected chi connectivity index (χ1v) is 10.8. The zero-order valence-electron chi connectivity index (χ0n) is 16.8. The highest BCUT2D eigenvalue weighted by Gasteiger charge is 2.34. The Morgan fingerprint density at radius 2 is 1.97 bits per heavy atom. The molecule has 1 atom stereocenters. The lowest BCUT2D eigenvalue weighted by Crippen LogP contribution is -2.40. The van der Waals surface area contributed by atoms with Crippen molar-refractivity contribution in [3.05, 3.63) is 101 Å². The molecule has 0 unspecified atom stereocenters. The Hall–Kier alpha value is -3.03. The third-order valence-electron chi connectivity index (χ3n) is 4.91. The van der Waals surface area contributed by atoms with Crippen LogP contribution in [0.5, 0.6) is 0 Å². The Bertz CT molecular complexity index is 1390. The van der Waals surface area contributed by atoms with Crippen molar-refractivity contribution in [1.29, 1.82) is 0 Å². The summed E-state index contributed by atoms with van der Waals surface area (Å²) in [7, 11) is 0. The number of thiazole rings is 1. The molecule has 3 aromatic rings. The van der Waals surface area contributed by atoms with Gasteiger partial charge >= 0.3 is 5.97 Å². The van der Waals surface area contributed by atoms with E-state index in [2.05, 4.69) is 4.99 Å². The SMILES string of the molecule is CCOC(=O)C1=C(C)N=c2s/c(=C\c3ccccc3F)c(=O)n2[C@H]1c1ccccc1Cl. The third kappa shape index (κ3) is 3.86. The standard InChI is InChI=1S/C23H18ClFN2O3S/c1-3-30-22(29)19-13(2)26-23-27(20(19)15-9-5-6-10-16(15)24)21(28)18(31-23)12-14-8-4-7-11-17(14)25/h4-12,20H,3H2,1-2H3/b18-12-/t20-/m0/s1. The molecule has 0 saturated carbocycles. The smallest absolute Gasteiger partial charge is 0.338 e. The molecule has 0 aliphatic carbocycles. The molecular formula is C23H18ClFN2O3S. The molecule has 0 spiro atoms. The highest BCUT2D eigenvalue weighted by Crippen LogP contribution is 2.34. The fraction of sp³-hybridized carbons (Fsp3) is 0.174. The molecule has 8 heteroatoms. The summed E-state index contributed by atoms with van der Waals surface area (Å²) in [4.78, 5) is 31.1. The number of ether oxygens (including phenoxy) is 1. The van der Waals surface area contributed by atoms with E-state index in [0.29, 0.717) is 31.2 Å². The summed E-state index contributed by atoms with van der Waals surface area (Å²) >= 11 is 7.59. The Balaban J connectivity index is 2.00. The van der Waals surface area contributed by atoms with Crippen molar-refractivity contribution in [3.63, 3.8) is 0 Å². The number of nitrogens with zero attached hydrogens (tertiary/aromatic N) is 2. The van der Waals surface area contributed by atoms with Gasteiger partial charge in [-0.3, -0.25) is 9.36 Å². The van der Waals surface area contributed by atoms with Crippen LogP contribution in [0.2, 0.25) is 5.02 Å². The van der Waals surface area contributed by atoms with E-state index in [-0.39, 0.29) is 17.7 Å². The van der Waals surface area contributed by atoms with Gasteiger partial charge in [0.25, 0.3) is 5.56 Å². The van der Waals surface area contributed by atoms with Gasteiger partial charge in [-0.2, -0.15) is 0 Å². The Labute approximate surface area is 186 Å². The average Bonchev–Trinajstić information content (AvgIpc) is 3.04. The summed E-state index contributed by atoms with van der Waals surface area (Å²) in [6, 6.07) is 12.4. The Morgan fingerprint density at radius 1 is 1.26 bits per heavy atom. The maximum absolute atomic E-state index is 14.2. The van der Waals surface area contributed by atoms with Crippen molar-refractivity contribution in [2.45, 2.75) is 19.9 Å². The second-order valence-corrected chi connectivity index (χ2v) is 8.26. The van der Waals surface area contributed by atoms with Crippen LogP contribution in [0.1, 0.15) is 31.0 Å². The molecule has 1 aliphatic rings. The number of hydrogen-bond acceptors (Lipinski definition) is 5. The highest BCUT2D eigenvalue weighted by molar-refractivity contribution is 7.07. The summed E-state index contributed by atoms with van der Waals surface area (Å²) < 4.78 is 21.1. The van der Waals surface area contributed by atoms with Crippen molar-refractivity contribution in [1.82, 2.24) is 4.57 Å². The molecule has 2 heterocycles. The minimum absolute atomic E-state index is 0.183. The van der Waals surface area contributed by atoms with Crippen LogP contribution in [0, 0.1) is 5.82 Å². The number of carbonyl (C=O) groups is 1. The zero-order chi connectivity index (χ0) is 22.1. The number of aromatic nitrogens is 1. The molecule has 5 nitrogen and oxygen atoms in total. The summed E-state index contributed by atoms with van der Waals surface area (Å²) in [6.45, 7) is 3.59. The number of halogens is 2. The maximum atomic E-state index is 14.2. The number of hydrogen-bond donors (Lipinski definition) is 0. The number of rotatable bonds is 4. The molecular weight excluding hydrogens is 439 g/mol. The van der Waals surface area contributed by atoms with Crippen LogP contribution >= 0.6 is 22.9 Å². The van der Waals surface area contributed by atoms with Crippen LogP contribution in [-0.4, -0.2) is 17.1 Å². The van der Waals surface area contributed by atoms with E-state index in [9.17, 15) is 14.0 Å². The predicted molar refractivity (Wildman–Crippen MR) is 118 cm³/mol. The molecule has 0 saturated heterocycles. The van der Waals surface area contributed by atoms with Gasteiger partial charge in [-0.25, -0.2) is 14.2 Å². The molecule has 158 valence electrons. The lowest BCUT2D eigenvalue weighted by atomic mass is 9.96. The van der Waals surface area contributed by atoms with E-state index in [1.165, 1.54) is 16.7 Å². The molecule has 1 aromatic heterocycles. The quantitative estimate of drug-likeness (QED) is 0.564. The molecule has 4 rings (SSSR count). The number of allylic oxidation sites excluding steroid dienone is 1. The van der Waals surface area contributed by atoms with E-state index in [0.717, 1.165) is 11.3 Å². The second-order valence-electron chi connectivity index (χ2n) is 6.85. The molecule has 1 aliphatic heterocycles. The summed E-state index contributed by atoms with van der Waals surface area (Å²) in [5.74, 6) is -0.989. The van der Waals surface area contributed by atoms with Gasteiger partial charge in [0.2, 0.25) is 0 Å². The van der Waals surface area contributed by atoms with Crippen molar-refractivity contribution < 1.29 is 13.9 Å². The normalized spacial score (nSPS) is 16.1. The number of esters is 1. The average molecular weight is 457 g/mol. The largest absolute Gasteiger partial charge is 0.463 e. The first-order chi connectivity index (χ1) is 14.9. The van der Waals surface area contributed by atoms with Gasteiger partial charge < -0.3 is 4.74 Å². The number of benzene rings is 2. The lowest BCUT2D eigenvalue weighted by molar-refractivity contribution is -0.139. The van der Waals surface area contributed by atoms with E-state index >= 15 is 0 Å². The second kappa shape index (κ2) is 8.61. The van der Waals surface area contributed by atoms with Crippen molar-refractivity contribution >= 4 is 35.0 Å². The van der Waals surface area contributed by atoms with Crippen molar-refractivity contribution in [2.75, 3.05) is 6.61 Å². The van der Waals surface area contributed by atoms with Crippen molar-refractivity contribution in [3.8, 4) is 0 Å². The summed E-state index contributed by atoms with van der Waals surface area (Å²) in [5, 5.41) is 0.410. The van der Waals surface area contributed by atoms with Gasteiger partial charge in [0, 0.05) is 10.6 Å². The van der Waals surface area contributed by atoms with Gasteiger partial charge in [0.05, 0.1) is 22.4 Å². The van der Waals surface area contributed by atoms with Crippen LogP contribution in [0.25, 0.3) is 6.08 Å². The topological polar surface area (TPSA) is 60.7 Å². The Morgan fingerprint density at radius 3 is 2.68 bits per heavy atom. The molecule has 0 amide bonds. The highest BCUT2D eigenvalue weighted by atomic mass is 35.5. The van der Waals surface area contributed by atoms with Crippen LogP contribution in [-0.2, 0) is 9.53 Å². The van der Waals surface area contributed by atoms with Gasteiger partial charge in [0.1, 0.15) is 11.9 Å². The molecule has 0 fully saturated rings. The third-order valence-corrected chi connectivity index (χ3v) is 6.24. The van der Waals surface area contributed by atoms with E-state index in [4.69, 9.17) is 16.3 Å². The van der Waals surface area contributed by atoms with Crippen LogP contribution in [0.3, 0.4) is 0 Å². The molecule has 0 N–H and O–H groups in total. The minimum atomic E-state index is -0.799. The number of carbonyl (C=O) groups excluding carboxylic acids is 1. The molecule has 0 bridgehead atoms. The summed E-state index contributed by atoms with van der Waals surface area (Å²) in [5.41, 5.74) is 1.19. The fourth-order valence-electron chi connectivity index (χ4n) is 3.52. The molecule has 31 heavy (non-hydrogen) atoms. The Kier molecular flexibility index (Phi) is 5.89. The number of fused-ring (bicyclic) bond motifs is 1.